The average molecular weight is 384 g/mol. The van der Waals surface area contributed by atoms with Gasteiger partial charge in [0.1, 0.15) is 0 Å². The van der Waals surface area contributed by atoms with E-state index in [2.05, 4.69) is 10.6 Å². The molecular formula is C20H20N2O4S. The highest BCUT2D eigenvalue weighted by Gasteiger charge is 2.24. The van der Waals surface area contributed by atoms with Crippen LogP contribution in [0.3, 0.4) is 0 Å². The summed E-state index contributed by atoms with van der Waals surface area (Å²) in [5.74, 6) is 1.55. The summed E-state index contributed by atoms with van der Waals surface area (Å²) in [5.41, 5.74) is 2.96. The molecule has 2 aliphatic rings. The third-order valence-corrected chi connectivity index (χ3v) is 5.87. The fraction of sp³-hybridized carbons (Fsp3) is 0.300. The Labute approximate surface area is 161 Å². The first-order valence-electron chi connectivity index (χ1n) is 8.84. The van der Waals surface area contributed by atoms with Gasteiger partial charge in [0.25, 0.3) is 0 Å². The molecule has 7 heteroatoms. The highest BCUT2D eigenvalue weighted by Crippen LogP contribution is 2.32. The van der Waals surface area contributed by atoms with Gasteiger partial charge in [0.15, 0.2) is 11.5 Å². The van der Waals surface area contributed by atoms with Gasteiger partial charge in [0, 0.05) is 12.2 Å². The first-order chi connectivity index (χ1) is 13.2. The lowest BCUT2D eigenvalue weighted by Gasteiger charge is -2.13. The van der Waals surface area contributed by atoms with Crippen molar-refractivity contribution in [1.29, 1.82) is 0 Å². The fourth-order valence-corrected chi connectivity index (χ4v) is 4.08. The molecule has 2 aromatic carbocycles. The summed E-state index contributed by atoms with van der Waals surface area (Å²) < 4.78 is 10.6. The van der Waals surface area contributed by atoms with Crippen LogP contribution in [-0.4, -0.2) is 29.6 Å². The van der Waals surface area contributed by atoms with Gasteiger partial charge in [0.2, 0.25) is 18.6 Å². The number of thioether (sulfide) groups is 1. The number of amides is 2. The minimum Gasteiger partial charge on any atom is -0.454 e. The molecule has 0 aliphatic carbocycles. The van der Waals surface area contributed by atoms with Crippen LogP contribution in [0.5, 0.6) is 11.5 Å². The van der Waals surface area contributed by atoms with E-state index in [0.29, 0.717) is 12.3 Å². The zero-order chi connectivity index (χ0) is 18.6. The molecule has 0 spiro atoms. The van der Waals surface area contributed by atoms with Crippen LogP contribution < -0.4 is 20.1 Å². The van der Waals surface area contributed by atoms with E-state index in [1.165, 1.54) is 11.8 Å². The summed E-state index contributed by atoms with van der Waals surface area (Å²) in [6.45, 7) is 0.646. The van der Waals surface area contributed by atoms with Gasteiger partial charge in [-0.05, 0) is 42.2 Å². The standard InChI is InChI=1S/C20H20N2O4S/c23-19(21-10-13-5-7-16-17(9-13)26-12-25-16)11-27-18-8-6-14-3-1-2-4-15(14)22-20(18)24/h1-5,7,9,18H,6,8,10-12H2,(H,21,23)(H,22,24)/t18-/m1/s1. The van der Waals surface area contributed by atoms with Crippen LogP contribution >= 0.6 is 11.8 Å². The third kappa shape index (κ3) is 4.19. The number of carbonyl (C=O) groups is 2. The molecule has 2 N–H and O–H groups in total. The number of anilines is 1. The van der Waals surface area contributed by atoms with E-state index in [4.69, 9.17) is 9.47 Å². The van der Waals surface area contributed by atoms with Crippen LogP contribution in [0.15, 0.2) is 42.5 Å². The number of ether oxygens (including phenoxy) is 2. The molecule has 2 aromatic rings. The van der Waals surface area contributed by atoms with Crippen LogP contribution in [0.1, 0.15) is 17.5 Å². The minimum atomic E-state index is -0.228. The molecule has 0 bridgehead atoms. The lowest BCUT2D eigenvalue weighted by molar-refractivity contribution is -0.118. The molecule has 1 atom stereocenters. The molecule has 6 nitrogen and oxygen atoms in total. The number of hydrogen-bond donors (Lipinski definition) is 2. The van der Waals surface area contributed by atoms with Gasteiger partial charge < -0.3 is 20.1 Å². The topological polar surface area (TPSA) is 76.7 Å². The second-order valence-corrected chi connectivity index (χ2v) is 7.64. The second-order valence-electron chi connectivity index (χ2n) is 6.45. The number of aryl methyl sites for hydroxylation is 1. The van der Waals surface area contributed by atoms with E-state index in [9.17, 15) is 9.59 Å². The maximum atomic E-state index is 12.4. The number of hydrogen-bond acceptors (Lipinski definition) is 5. The molecule has 2 amide bonds. The highest BCUT2D eigenvalue weighted by atomic mass is 32.2. The van der Waals surface area contributed by atoms with E-state index < -0.39 is 0 Å². The third-order valence-electron chi connectivity index (χ3n) is 4.59. The summed E-state index contributed by atoms with van der Waals surface area (Å²) in [6.07, 6.45) is 1.55. The van der Waals surface area contributed by atoms with E-state index in [0.717, 1.165) is 35.4 Å². The summed E-state index contributed by atoms with van der Waals surface area (Å²) in [7, 11) is 0. The van der Waals surface area contributed by atoms with Crippen LogP contribution in [0.2, 0.25) is 0 Å². The van der Waals surface area contributed by atoms with Crippen LogP contribution in [-0.2, 0) is 22.6 Å². The summed E-state index contributed by atoms with van der Waals surface area (Å²) in [4.78, 5) is 24.6. The van der Waals surface area contributed by atoms with Gasteiger partial charge in [-0.2, -0.15) is 0 Å². The van der Waals surface area contributed by atoms with Crippen molar-refractivity contribution < 1.29 is 19.1 Å². The molecule has 0 radical (unpaired) electrons. The largest absolute Gasteiger partial charge is 0.454 e. The number of fused-ring (bicyclic) bond motifs is 2. The lowest BCUT2D eigenvalue weighted by atomic mass is 10.1. The molecular weight excluding hydrogens is 364 g/mol. The fourth-order valence-electron chi connectivity index (χ4n) is 3.13. The van der Waals surface area contributed by atoms with Crippen molar-refractivity contribution in [3.8, 4) is 11.5 Å². The molecule has 0 saturated heterocycles. The number of benzene rings is 2. The van der Waals surface area contributed by atoms with Crippen molar-refractivity contribution in [2.45, 2.75) is 24.6 Å². The molecule has 2 aliphatic heterocycles. The molecule has 140 valence electrons. The van der Waals surface area contributed by atoms with Gasteiger partial charge in [0.05, 0.1) is 11.0 Å². The minimum absolute atomic E-state index is 0.0338. The number of para-hydroxylation sites is 1. The molecule has 4 rings (SSSR count). The maximum Gasteiger partial charge on any atom is 0.237 e. The Hall–Kier alpha value is -2.67. The molecule has 0 saturated carbocycles. The lowest BCUT2D eigenvalue weighted by Crippen LogP contribution is -2.29. The summed E-state index contributed by atoms with van der Waals surface area (Å²) >= 11 is 1.38. The smallest absolute Gasteiger partial charge is 0.237 e. The van der Waals surface area contributed by atoms with E-state index >= 15 is 0 Å². The molecule has 0 unspecified atom stereocenters. The Balaban J connectivity index is 1.26. The van der Waals surface area contributed by atoms with Crippen LogP contribution in [0.25, 0.3) is 0 Å². The molecule has 27 heavy (non-hydrogen) atoms. The van der Waals surface area contributed by atoms with Crippen molar-refractivity contribution in [3.05, 3.63) is 53.6 Å². The Kier molecular flexibility index (Phi) is 5.20. The molecule has 0 fully saturated rings. The second kappa shape index (κ2) is 7.92. The Morgan fingerprint density at radius 1 is 1.19 bits per heavy atom. The highest BCUT2D eigenvalue weighted by molar-refractivity contribution is 8.01. The number of carbonyl (C=O) groups excluding carboxylic acids is 2. The maximum absolute atomic E-state index is 12.4. The predicted molar refractivity (Wildman–Crippen MR) is 104 cm³/mol. The van der Waals surface area contributed by atoms with E-state index in [-0.39, 0.29) is 29.6 Å². The normalized spacial score (nSPS) is 17.6. The van der Waals surface area contributed by atoms with Crippen molar-refractivity contribution in [2.75, 3.05) is 17.9 Å². The number of nitrogens with one attached hydrogen (secondary N) is 2. The zero-order valence-electron chi connectivity index (χ0n) is 14.7. The Morgan fingerprint density at radius 2 is 2.04 bits per heavy atom. The first kappa shape index (κ1) is 17.7. The van der Waals surface area contributed by atoms with Crippen molar-refractivity contribution in [3.63, 3.8) is 0 Å². The van der Waals surface area contributed by atoms with Crippen molar-refractivity contribution >= 4 is 29.3 Å². The molecule has 2 heterocycles. The first-order valence-corrected chi connectivity index (χ1v) is 9.89. The molecule has 0 aromatic heterocycles. The van der Waals surface area contributed by atoms with E-state index in [1.54, 1.807) is 0 Å². The Bertz CT molecular complexity index is 871. The monoisotopic (exact) mass is 384 g/mol. The number of rotatable bonds is 5. The van der Waals surface area contributed by atoms with Gasteiger partial charge in [-0.3, -0.25) is 9.59 Å². The van der Waals surface area contributed by atoms with Crippen molar-refractivity contribution in [1.82, 2.24) is 5.32 Å². The average Bonchev–Trinajstić information content (AvgIpc) is 3.08. The van der Waals surface area contributed by atoms with Crippen molar-refractivity contribution in [2.24, 2.45) is 0 Å². The quantitative estimate of drug-likeness (QED) is 0.829. The van der Waals surface area contributed by atoms with Gasteiger partial charge in [-0.25, -0.2) is 0 Å². The summed E-state index contributed by atoms with van der Waals surface area (Å²) in [5, 5.41) is 5.62. The van der Waals surface area contributed by atoms with Crippen LogP contribution in [0.4, 0.5) is 5.69 Å². The zero-order valence-corrected chi connectivity index (χ0v) is 15.5. The predicted octanol–water partition coefficient (Wildman–Crippen LogP) is 2.72. The summed E-state index contributed by atoms with van der Waals surface area (Å²) in [6, 6.07) is 13.4. The van der Waals surface area contributed by atoms with E-state index in [1.807, 2.05) is 42.5 Å². The van der Waals surface area contributed by atoms with Gasteiger partial charge in [-0.1, -0.05) is 24.3 Å². The Morgan fingerprint density at radius 3 is 2.96 bits per heavy atom. The van der Waals surface area contributed by atoms with Crippen LogP contribution in [0, 0.1) is 0 Å². The SMILES string of the molecule is O=C(CS[C@@H]1CCc2ccccc2NC1=O)NCc1ccc2c(c1)OCO2. The van der Waals surface area contributed by atoms with Gasteiger partial charge >= 0.3 is 0 Å². The van der Waals surface area contributed by atoms with Gasteiger partial charge in [-0.15, -0.1) is 11.8 Å².